The van der Waals surface area contributed by atoms with Crippen molar-refractivity contribution < 1.29 is 9.53 Å². The molecule has 0 radical (unpaired) electrons. The van der Waals surface area contributed by atoms with Gasteiger partial charge in [-0.15, -0.1) is 0 Å². The highest BCUT2D eigenvalue weighted by atomic mass is 16.5. The predicted octanol–water partition coefficient (Wildman–Crippen LogP) is 1.34. The van der Waals surface area contributed by atoms with Crippen LogP contribution in [0.4, 0.5) is 0 Å². The van der Waals surface area contributed by atoms with Gasteiger partial charge in [-0.3, -0.25) is 9.69 Å². The van der Waals surface area contributed by atoms with Crippen molar-refractivity contribution in [3.05, 3.63) is 18.2 Å². The Labute approximate surface area is 137 Å². The van der Waals surface area contributed by atoms with Crippen LogP contribution in [0.1, 0.15) is 43.8 Å². The van der Waals surface area contributed by atoms with E-state index in [0.717, 1.165) is 39.1 Å². The second-order valence-corrected chi connectivity index (χ2v) is 7.17. The molecule has 2 fully saturated rings. The molecule has 23 heavy (non-hydrogen) atoms. The van der Waals surface area contributed by atoms with Crippen LogP contribution < -0.4 is 5.32 Å². The summed E-state index contributed by atoms with van der Waals surface area (Å²) in [7, 11) is 0. The van der Waals surface area contributed by atoms with Gasteiger partial charge in [0.2, 0.25) is 5.91 Å². The molecule has 0 bridgehead atoms. The monoisotopic (exact) mass is 318 g/mol. The van der Waals surface area contributed by atoms with Crippen LogP contribution in [0.2, 0.25) is 0 Å². The number of hydrogen-bond acceptors (Lipinski definition) is 4. The number of hydrogen-bond donors (Lipinski definition) is 1. The van der Waals surface area contributed by atoms with Gasteiger partial charge < -0.3 is 14.6 Å². The maximum absolute atomic E-state index is 12.0. The number of imidazole rings is 1. The van der Waals surface area contributed by atoms with Crippen LogP contribution in [0.5, 0.6) is 0 Å². The Kier molecular flexibility index (Phi) is 4.35. The average Bonchev–Trinajstić information content (AvgIpc) is 3.26. The third-order valence-corrected chi connectivity index (χ3v) is 5.36. The second kappa shape index (κ2) is 6.61. The summed E-state index contributed by atoms with van der Waals surface area (Å²) in [5, 5.41) is 3.14. The van der Waals surface area contributed by atoms with Crippen molar-refractivity contribution >= 4 is 5.91 Å². The van der Waals surface area contributed by atoms with Gasteiger partial charge in [0, 0.05) is 51.5 Å². The molecule has 6 heteroatoms. The maximum atomic E-state index is 12.0. The molecule has 1 amide bonds. The zero-order valence-corrected chi connectivity index (χ0v) is 13.6. The van der Waals surface area contributed by atoms with Crippen molar-refractivity contribution in [3.8, 4) is 0 Å². The highest BCUT2D eigenvalue weighted by Crippen LogP contribution is 2.32. The van der Waals surface area contributed by atoms with Crippen molar-refractivity contribution in [1.82, 2.24) is 19.8 Å². The van der Waals surface area contributed by atoms with E-state index in [-0.39, 0.29) is 11.9 Å². The summed E-state index contributed by atoms with van der Waals surface area (Å²) >= 11 is 0. The van der Waals surface area contributed by atoms with Gasteiger partial charge in [0.25, 0.3) is 0 Å². The Hall–Kier alpha value is -1.40. The van der Waals surface area contributed by atoms with Gasteiger partial charge in [-0.1, -0.05) is 0 Å². The van der Waals surface area contributed by atoms with Gasteiger partial charge in [0.05, 0.1) is 18.1 Å². The molecule has 3 heterocycles. The quantitative estimate of drug-likeness (QED) is 0.890. The van der Waals surface area contributed by atoms with Crippen molar-refractivity contribution in [3.63, 3.8) is 0 Å². The van der Waals surface area contributed by atoms with E-state index in [9.17, 15) is 4.79 Å². The van der Waals surface area contributed by atoms with Crippen LogP contribution in [0.25, 0.3) is 0 Å². The van der Waals surface area contributed by atoms with E-state index in [4.69, 9.17) is 4.74 Å². The van der Waals surface area contributed by atoms with Crippen LogP contribution in [-0.2, 0) is 16.1 Å². The summed E-state index contributed by atoms with van der Waals surface area (Å²) < 4.78 is 7.74. The number of nitrogens with one attached hydrogen (secondary N) is 1. The summed E-state index contributed by atoms with van der Waals surface area (Å²) in [5.74, 6) is 0.848. The van der Waals surface area contributed by atoms with Crippen LogP contribution in [-0.4, -0.2) is 52.7 Å². The molecule has 1 saturated carbocycles. The average molecular weight is 318 g/mol. The number of amides is 1. The zero-order chi connectivity index (χ0) is 15.6. The number of rotatable bonds is 5. The van der Waals surface area contributed by atoms with Crippen LogP contribution in [0.3, 0.4) is 0 Å². The minimum Gasteiger partial charge on any atom is -0.381 e. The van der Waals surface area contributed by atoms with Gasteiger partial charge in [-0.25, -0.2) is 4.98 Å². The molecule has 0 unspecified atom stereocenters. The fourth-order valence-corrected chi connectivity index (χ4v) is 3.79. The number of ether oxygens (including phenoxy) is 1. The summed E-state index contributed by atoms with van der Waals surface area (Å²) in [5.41, 5.74) is 1.25. The van der Waals surface area contributed by atoms with E-state index >= 15 is 0 Å². The van der Waals surface area contributed by atoms with Gasteiger partial charge in [0.1, 0.15) is 0 Å². The first kappa shape index (κ1) is 15.1. The topological polar surface area (TPSA) is 59.4 Å². The molecule has 1 aromatic rings. The smallest absolute Gasteiger partial charge is 0.220 e. The molecule has 2 aliphatic heterocycles. The van der Waals surface area contributed by atoms with Gasteiger partial charge in [0.15, 0.2) is 0 Å². The highest BCUT2D eigenvalue weighted by Gasteiger charge is 2.31. The van der Waals surface area contributed by atoms with Crippen LogP contribution in [0, 0.1) is 5.92 Å². The van der Waals surface area contributed by atoms with E-state index in [1.165, 1.54) is 18.5 Å². The molecule has 3 aliphatic rings. The molecule has 1 N–H and O–H groups in total. The minimum atomic E-state index is 0.206. The fraction of sp³-hybridized carbons (Fsp3) is 0.765. The molecule has 126 valence electrons. The normalized spacial score (nSPS) is 26.0. The Morgan fingerprint density at radius 2 is 2.13 bits per heavy atom. The Morgan fingerprint density at radius 1 is 1.30 bits per heavy atom. The molecule has 0 spiro atoms. The molecular weight excluding hydrogens is 292 g/mol. The lowest BCUT2D eigenvalue weighted by Gasteiger charge is -2.40. The van der Waals surface area contributed by atoms with Crippen molar-refractivity contribution in [1.29, 1.82) is 0 Å². The molecule has 1 aliphatic carbocycles. The Morgan fingerprint density at radius 3 is 2.91 bits per heavy atom. The molecule has 4 rings (SSSR count). The first-order chi connectivity index (χ1) is 11.3. The first-order valence-electron chi connectivity index (χ1n) is 8.89. The number of nitrogens with zero attached hydrogens (tertiary/aromatic N) is 3. The third kappa shape index (κ3) is 3.58. The molecule has 1 aromatic heterocycles. The zero-order valence-electron chi connectivity index (χ0n) is 13.6. The highest BCUT2D eigenvalue weighted by molar-refractivity contribution is 5.76. The SMILES string of the molecule is O=C(CC1CC1)NC[C@@H]1CN(C2CCOCC2)Cc2cncn21. The Balaban J connectivity index is 1.39. The lowest BCUT2D eigenvalue weighted by Crippen LogP contribution is -2.48. The molecular formula is C17H26N4O2. The third-order valence-electron chi connectivity index (χ3n) is 5.36. The van der Waals surface area contributed by atoms with Crippen molar-refractivity contribution in [2.75, 3.05) is 26.3 Å². The van der Waals surface area contributed by atoms with E-state index in [1.54, 1.807) is 0 Å². The van der Waals surface area contributed by atoms with Crippen LogP contribution >= 0.6 is 0 Å². The van der Waals surface area contributed by atoms with Gasteiger partial charge in [-0.05, 0) is 31.6 Å². The fourth-order valence-electron chi connectivity index (χ4n) is 3.79. The molecule has 1 saturated heterocycles. The largest absolute Gasteiger partial charge is 0.381 e. The van der Waals surface area contributed by atoms with Gasteiger partial charge in [-0.2, -0.15) is 0 Å². The second-order valence-electron chi connectivity index (χ2n) is 7.17. The number of carbonyl (C=O) groups is 1. The van der Waals surface area contributed by atoms with E-state index in [0.29, 0.717) is 24.9 Å². The Bertz CT molecular complexity index is 549. The van der Waals surface area contributed by atoms with E-state index < -0.39 is 0 Å². The number of fused-ring (bicyclic) bond motifs is 1. The van der Waals surface area contributed by atoms with E-state index in [1.807, 2.05) is 12.5 Å². The number of carbonyl (C=O) groups excluding carboxylic acids is 1. The van der Waals surface area contributed by atoms with Crippen molar-refractivity contribution in [2.45, 2.75) is 50.7 Å². The lowest BCUT2D eigenvalue weighted by molar-refractivity contribution is -0.121. The summed E-state index contributed by atoms with van der Waals surface area (Å²) in [6.45, 7) is 4.37. The standard InChI is InChI=1S/C17H26N4O2/c22-17(7-13-1-2-13)19-9-16-11-20(14-3-5-23-6-4-14)10-15-8-18-12-21(15)16/h8,12-14,16H,1-7,9-11H2,(H,19,22)/t16-/m1/s1. The summed E-state index contributed by atoms with van der Waals surface area (Å²) in [4.78, 5) is 18.9. The summed E-state index contributed by atoms with van der Waals surface area (Å²) in [6.07, 6.45) is 9.23. The van der Waals surface area contributed by atoms with Gasteiger partial charge >= 0.3 is 0 Å². The van der Waals surface area contributed by atoms with E-state index in [2.05, 4.69) is 19.8 Å². The molecule has 0 aromatic carbocycles. The first-order valence-corrected chi connectivity index (χ1v) is 8.89. The van der Waals surface area contributed by atoms with Crippen LogP contribution in [0.15, 0.2) is 12.5 Å². The summed E-state index contributed by atoms with van der Waals surface area (Å²) in [6, 6.07) is 0.879. The number of aromatic nitrogens is 2. The molecule has 1 atom stereocenters. The van der Waals surface area contributed by atoms with Crippen molar-refractivity contribution in [2.24, 2.45) is 5.92 Å². The maximum Gasteiger partial charge on any atom is 0.220 e. The lowest BCUT2D eigenvalue weighted by atomic mass is 10.0. The molecule has 6 nitrogen and oxygen atoms in total. The minimum absolute atomic E-state index is 0.206. The predicted molar refractivity (Wildman–Crippen MR) is 85.9 cm³/mol.